The van der Waals surface area contributed by atoms with Crippen LogP contribution in [-0.2, 0) is 0 Å². The van der Waals surface area contributed by atoms with Gasteiger partial charge in [-0.3, -0.25) is 14.9 Å². The van der Waals surface area contributed by atoms with Crippen molar-refractivity contribution in [2.75, 3.05) is 0 Å². The average Bonchev–Trinajstić information content (AvgIpc) is 3.14. The molecule has 0 bridgehead atoms. The number of carbonyl (C=O) groups is 1. The normalized spacial score (nSPS) is 11.7. The number of furan rings is 1. The number of nitrogens with one attached hydrogen (secondary N) is 1. The summed E-state index contributed by atoms with van der Waals surface area (Å²) in [5.41, 5.74) is 1.16. The van der Waals surface area contributed by atoms with Gasteiger partial charge in [-0.2, -0.15) is 0 Å². The summed E-state index contributed by atoms with van der Waals surface area (Å²) >= 11 is 0. The van der Waals surface area contributed by atoms with E-state index < -0.39 is 11.0 Å². The monoisotopic (exact) mass is 322 g/mol. The first-order valence-electron chi connectivity index (χ1n) is 7.29. The number of hydrogen-bond acceptors (Lipinski definition) is 4. The van der Waals surface area contributed by atoms with E-state index in [1.165, 1.54) is 24.3 Å². The lowest BCUT2D eigenvalue weighted by Gasteiger charge is -2.17. The van der Waals surface area contributed by atoms with E-state index in [0.29, 0.717) is 11.3 Å². The second-order valence-corrected chi connectivity index (χ2v) is 5.14. The molecule has 0 aliphatic carbocycles. The molecule has 1 atom stereocenters. The molecule has 0 spiro atoms. The minimum Gasteiger partial charge on any atom is -0.467 e. The number of carbonyl (C=O) groups excluding carboxylic acids is 1. The van der Waals surface area contributed by atoms with Crippen LogP contribution in [0.5, 0.6) is 0 Å². The third-order valence-corrected chi connectivity index (χ3v) is 3.58. The van der Waals surface area contributed by atoms with Crippen LogP contribution in [0.4, 0.5) is 5.69 Å². The summed E-state index contributed by atoms with van der Waals surface area (Å²) in [7, 11) is 0. The second kappa shape index (κ2) is 6.78. The van der Waals surface area contributed by atoms with Gasteiger partial charge >= 0.3 is 0 Å². The van der Waals surface area contributed by atoms with E-state index in [-0.39, 0.29) is 11.6 Å². The number of rotatable bonds is 5. The third-order valence-electron chi connectivity index (χ3n) is 3.58. The number of nitrogens with zero attached hydrogens (tertiary/aromatic N) is 1. The summed E-state index contributed by atoms with van der Waals surface area (Å²) in [4.78, 5) is 22.7. The predicted octanol–water partition coefficient (Wildman–Crippen LogP) is 3.71. The van der Waals surface area contributed by atoms with Crippen LogP contribution in [0.2, 0.25) is 0 Å². The molecule has 1 N–H and O–H groups in total. The number of nitro benzene ring substituents is 1. The fourth-order valence-electron chi connectivity index (χ4n) is 2.37. The fraction of sp³-hybridized carbons (Fsp3) is 0.0556. The molecule has 0 saturated heterocycles. The highest BCUT2D eigenvalue weighted by Crippen LogP contribution is 2.23. The molecule has 0 aliphatic rings. The fourth-order valence-corrected chi connectivity index (χ4v) is 2.37. The summed E-state index contributed by atoms with van der Waals surface area (Å²) in [5, 5.41) is 13.6. The minimum atomic E-state index is -0.503. The lowest BCUT2D eigenvalue weighted by Crippen LogP contribution is -2.29. The Morgan fingerprint density at radius 3 is 2.29 bits per heavy atom. The van der Waals surface area contributed by atoms with Gasteiger partial charge in [0.05, 0.1) is 11.2 Å². The molecule has 1 heterocycles. The molecule has 24 heavy (non-hydrogen) atoms. The van der Waals surface area contributed by atoms with E-state index in [9.17, 15) is 14.9 Å². The standard InChI is InChI=1S/C18H14N2O4/c21-18(14-8-10-15(11-9-14)20(22)23)19-17(16-7-4-12-24-16)13-5-2-1-3-6-13/h1-12,17H,(H,19,21)/t17-/m0/s1. The van der Waals surface area contributed by atoms with Gasteiger partial charge in [0.25, 0.3) is 11.6 Å². The first-order chi connectivity index (χ1) is 11.6. The summed E-state index contributed by atoms with van der Waals surface area (Å²) in [6, 6.07) is 18.0. The number of non-ortho nitro benzene ring substituents is 1. The maximum absolute atomic E-state index is 12.5. The van der Waals surface area contributed by atoms with Crippen molar-refractivity contribution in [1.82, 2.24) is 5.32 Å². The van der Waals surface area contributed by atoms with E-state index in [1.54, 1.807) is 18.4 Å². The molecule has 3 rings (SSSR count). The van der Waals surface area contributed by atoms with Gasteiger partial charge in [0, 0.05) is 17.7 Å². The van der Waals surface area contributed by atoms with Crippen molar-refractivity contribution in [2.24, 2.45) is 0 Å². The minimum absolute atomic E-state index is 0.0582. The zero-order valence-electron chi connectivity index (χ0n) is 12.6. The average molecular weight is 322 g/mol. The number of nitro groups is 1. The molecule has 120 valence electrons. The quantitative estimate of drug-likeness (QED) is 0.573. The van der Waals surface area contributed by atoms with Crippen LogP contribution in [0.3, 0.4) is 0 Å². The van der Waals surface area contributed by atoms with E-state index in [0.717, 1.165) is 5.56 Å². The van der Waals surface area contributed by atoms with Gasteiger partial charge in [0.2, 0.25) is 0 Å². The van der Waals surface area contributed by atoms with Gasteiger partial charge in [0.1, 0.15) is 11.8 Å². The van der Waals surface area contributed by atoms with Gasteiger partial charge in [-0.15, -0.1) is 0 Å². The van der Waals surface area contributed by atoms with Crippen LogP contribution in [0.25, 0.3) is 0 Å². The second-order valence-electron chi connectivity index (χ2n) is 5.14. The third kappa shape index (κ3) is 3.33. The Balaban J connectivity index is 1.85. The number of benzene rings is 2. The summed E-state index contributed by atoms with van der Waals surface area (Å²) < 4.78 is 5.43. The molecule has 0 aliphatic heterocycles. The van der Waals surface area contributed by atoms with Crippen molar-refractivity contribution in [1.29, 1.82) is 0 Å². The van der Waals surface area contributed by atoms with Gasteiger partial charge < -0.3 is 9.73 Å². The van der Waals surface area contributed by atoms with Crippen molar-refractivity contribution in [3.8, 4) is 0 Å². The Labute approximate surface area is 137 Å². The van der Waals surface area contributed by atoms with Crippen LogP contribution in [0.15, 0.2) is 77.4 Å². The van der Waals surface area contributed by atoms with E-state index in [2.05, 4.69) is 5.32 Å². The first-order valence-corrected chi connectivity index (χ1v) is 7.29. The van der Waals surface area contributed by atoms with E-state index in [4.69, 9.17) is 4.42 Å². The van der Waals surface area contributed by atoms with Crippen LogP contribution >= 0.6 is 0 Å². The SMILES string of the molecule is O=C(N[C@@H](c1ccccc1)c1ccco1)c1ccc([N+](=O)[O-])cc1. The van der Waals surface area contributed by atoms with E-state index in [1.807, 2.05) is 30.3 Å². The number of amides is 1. The molecule has 1 aromatic heterocycles. The summed E-state index contributed by atoms with van der Waals surface area (Å²) in [5.74, 6) is 0.270. The number of hydrogen-bond donors (Lipinski definition) is 1. The van der Waals surface area contributed by atoms with Crippen molar-refractivity contribution < 1.29 is 14.1 Å². The highest BCUT2D eigenvalue weighted by molar-refractivity contribution is 5.94. The van der Waals surface area contributed by atoms with E-state index >= 15 is 0 Å². The Bertz CT molecular complexity index is 827. The van der Waals surface area contributed by atoms with Crippen molar-refractivity contribution in [3.63, 3.8) is 0 Å². The van der Waals surface area contributed by atoms with Gasteiger partial charge in [-0.1, -0.05) is 30.3 Å². The van der Waals surface area contributed by atoms with Crippen LogP contribution in [-0.4, -0.2) is 10.8 Å². The van der Waals surface area contributed by atoms with Gasteiger partial charge in [-0.05, 0) is 29.8 Å². The maximum atomic E-state index is 12.5. The highest BCUT2D eigenvalue weighted by Gasteiger charge is 2.20. The molecule has 1 amide bonds. The Morgan fingerprint density at radius 2 is 1.71 bits per heavy atom. The Kier molecular flexibility index (Phi) is 4.38. The summed E-state index contributed by atoms with van der Waals surface area (Å²) in [6.45, 7) is 0. The largest absolute Gasteiger partial charge is 0.467 e. The first kappa shape index (κ1) is 15.5. The zero-order valence-corrected chi connectivity index (χ0v) is 12.6. The molecule has 0 saturated carbocycles. The molecular formula is C18H14N2O4. The van der Waals surface area contributed by atoms with Gasteiger partial charge in [-0.25, -0.2) is 0 Å². The van der Waals surface area contributed by atoms with Gasteiger partial charge in [0.15, 0.2) is 0 Å². The molecule has 6 heteroatoms. The van der Waals surface area contributed by atoms with Crippen LogP contribution < -0.4 is 5.32 Å². The van der Waals surface area contributed by atoms with Crippen molar-refractivity contribution in [3.05, 3.63) is 100.0 Å². The lowest BCUT2D eigenvalue weighted by atomic mass is 10.0. The zero-order chi connectivity index (χ0) is 16.9. The smallest absolute Gasteiger partial charge is 0.269 e. The van der Waals surface area contributed by atoms with Crippen molar-refractivity contribution in [2.45, 2.75) is 6.04 Å². The maximum Gasteiger partial charge on any atom is 0.269 e. The molecule has 6 nitrogen and oxygen atoms in total. The predicted molar refractivity (Wildman–Crippen MR) is 87.6 cm³/mol. The highest BCUT2D eigenvalue weighted by atomic mass is 16.6. The van der Waals surface area contributed by atoms with Crippen LogP contribution in [0.1, 0.15) is 27.7 Å². The summed E-state index contributed by atoms with van der Waals surface area (Å²) in [6.07, 6.45) is 1.54. The lowest BCUT2D eigenvalue weighted by molar-refractivity contribution is -0.384. The van der Waals surface area contributed by atoms with Crippen LogP contribution in [0, 0.1) is 10.1 Å². The topological polar surface area (TPSA) is 85.4 Å². The molecule has 0 radical (unpaired) electrons. The molecule has 0 fully saturated rings. The molecular weight excluding hydrogens is 308 g/mol. The Morgan fingerprint density at radius 1 is 1.00 bits per heavy atom. The Hall–Kier alpha value is -3.41. The molecule has 3 aromatic rings. The van der Waals surface area contributed by atoms with Crippen molar-refractivity contribution >= 4 is 11.6 Å². The molecule has 0 unspecified atom stereocenters. The molecule has 2 aromatic carbocycles.